The lowest BCUT2D eigenvalue weighted by molar-refractivity contribution is -0.427. The Labute approximate surface area is 60.2 Å². The Morgan fingerprint density at radius 3 is 2.50 bits per heavy atom. The van der Waals surface area contributed by atoms with Crippen LogP contribution in [0.1, 0.15) is 20.8 Å². The van der Waals surface area contributed by atoms with Gasteiger partial charge in [0.15, 0.2) is 0 Å². The molecule has 4 nitrogen and oxygen atoms in total. The first-order valence-electron chi connectivity index (χ1n) is 3.33. The van der Waals surface area contributed by atoms with Gasteiger partial charge < -0.3 is 4.74 Å². The third-order valence-electron chi connectivity index (χ3n) is 1.61. The molecular formula is C6H13NO3. The molecular weight excluding hydrogens is 134 g/mol. The molecule has 1 aliphatic heterocycles. The molecule has 0 aromatic carbocycles. The van der Waals surface area contributed by atoms with Gasteiger partial charge in [-0.2, -0.15) is 0 Å². The maximum atomic E-state index is 8.37. The molecule has 0 spiro atoms. The monoisotopic (exact) mass is 147 g/mol. The van der Waals surface area contributed by atoms with Gasteiger partial charge in [-0.25, -0.2) is 5.26 Å². The fourth-order valence-corrected chi connectivity index (χ4v) is 1.17. The van der Waals surface area contributed by atoms with E-state index >= 15 is 0 Å². The molecule has 0 aromatic rings. The molecule has 10 heavy (non-hydrogen) atoms. The summed E-state index contributed by atoms with van der Waals surface area (Å²) in [7, 11) is 0. The van der Waals surface area contributed by atoms with Crippen molar-refractivity contribution in [1.29, 1.82) is 0 Å². The first-order chi connectivity index (χ1) is 4.56. The van der Waals surface area contributed by atoms with Crippen molar-refractivity contribution in [2.45, 2.75) is 32.6 Å². The average Bonchev–Trinajstić information content (AvgIpc) is 2.04. The number of rotatable bonds is 1. The Bertz CT molecular complexity index is 126. The van der Waals surface area contributed by atoms with Crippen LogP contribution in [-0.4, -0.2) is 28.7 Å². The molecule has 0 amide bonds. The number of hydrogen-bond donors (Lipinski definition) is 1. The third-order valence-corrected chi connectivity index (χ3v) is 1.61. The van der Waals surface area contributed by atoms with E-state index in [-0.39, 0.29) is 6.10 Å². The second kappa shape index (κ2) is 2.47. The predicted octanol–water partition coefficient (Wildman–Crippen LogP) is 0.848. The molecule has 60 valence electrons. The van der Waals surface area contributed by atoms with Crippen LogP contribution in [0.15, 0.2) is 0 Å². The van der Waals surface area contributed by atoms with Crippen LogP contribution in [-0.2, 0) is 9.73 Å². The highest BCUT2D eigenvalue weighted by atomic mass is 17.2. The first kappa shape index (κ1) is 7.94. The van der Waals surface area contributed by atoms with Gasteiger partial charge in [-0.15, -0.1) is 10.1 Å². The van der Waals surface area contributed by atoms with E-state index < -0.39 is 5.72 Å². The molecule has 0 aromatic heterocycles. The second-order valence-corrected chi connectivity index (χ2v) is 3.02. The zero-order valence-corrected chi connectivity index (χ0v) is 6.50. The molecule has 0 radical (unpaired) electrons. The summed E-state index contributed by atoms with van der Waals surface area (Å²) in [6.07, 6.45) is 0.113. The van der Waals surface area contributed by atoms with Crippen molar-refractivity contribution in [3.8, 4) is 0 Å². The van der Waals surface area contributed by atoms with Crippen LogP contribution in [0, 0.1) is 0 Å². The highest BCUT2D eigenvalue weighted by Crippen LogP contribution is 2.25. The summed E-state index contributed by atoms with van der Waals surface area (Å²) >= 11 is 0. The summed E-state index contributed by atoms with van der Waals surface area (Å²) in [5, 5.41) is 9.77. The smallest absolute Gasteiger partial charge is 0.141 e. The number of nitrogens with zero attached hydrogens (tertiary/aromatic N) is 1. The van der Waals surface area contributed by atoms with E-state index in [9.17, 15) is 0 Å². The molecule has 0 aliphatic carbocycles. The van der Waals surface area contributed by atoms with Crippen LogP contribution >= 0.6 is 0 Å². The topological polar surface area (TPSA) is 41.9 Å². The Kier molecular flexibility index (Phi) is 1.96. The van der Waals surface area contributed by atoms with E-state index in [1.165, 1.54) is 5.06 Å². The predicted molar refractivity (Wildman–Crippen MR) is 35.0 cm³/mol. The standard InChI is InChI=1S/C6H13NO3/c1-5-4-7(10-8)6(2,3)9-5/h5,8H,4H2,1-3H3. The number of hydrogen-bond acceptors (Lipinski definition) is 4. The van der Waals surface area contributed by atoms with E-state index in [2.05, 4.69) is 4.99 Å². The van der Waals surface area contributed by atoms with Crippen molar-refractivity contribution in [3.63, 3.8) is 0 Å². The zero-order valence-electron chi connectivity index (χ0n) is 6.50. The quantitative estimate of drug-likeness (QED) is 0.441. The fourth-order valence-electron chi connectivity index (χ4n) is 1.17. The first-order valence-corrected chi connectivity index (χ1v) is 3.33. The number of hydroxylamine groups is 2. The normalized spacial score (nSPS) is 33.0. The molecule has 1 fully saturated rings. The van der Waals surface area contributed by atoms with Gasteiger partial charge in [-0.3, -0.25) is 0 Å². The molecule has 1 atom stereocenters. The van der Waals surface area contributed by atoms with Gasteiger partial charge >= 0.3 is 0 Å². The van der Waals surface area contributed by atoms with Crippen molar-refractivity contribution in [1.82, 2.24) is 5.06 Å². The van der Waals surface area contributed by atoms with Gasteiger partial charge in [0.2, 0.25) is 0 Å². The van der Waals surface area contributed by atoms with E-state index in [4.69, 9.17) is 9.99 Å². The summed E-state index contributed by atoms with van der Waals surface area (Å²) < 4.78 is 5.39. The van der Waals surface area contributed by atoms with Crippen molar-refractivity contribution in [3.05, 3.63) is 0 Å². The van der Waals surface area contributed by atoms with Crippen LogP contribution < -0.4 is 0 Å². The molecule has 1 unspecified atom stereocenters. The minimum Gasteiger partial charge on any atom is -0.354 e. The zero-order chi connectivity index (χ0) is 7.78. The minimum atomic E-state index is -0.506. The molecule has 1 heterocycles. The van der Waals surface area contributed by atoms with Crippen molar-refractivity contribution >= 4 is 0 Å². The van der Waals surface area contributed by atoms with Crippen LogP contribution in [0.3, 0.4) is 0 Å². The Balaban J connectivity index is 2.58. The lowest BCUT2D eigenvalue weighted by atomic mass is 10.3. The van der Waals surface area contributed by atoms with E-state index in [1.54, 1.807) is 0 Å². The summed E-state index contributed by atoms with van der Waals surface area (Å²) in [6, 6.07) is 0. The fraction of sp³-hybridized carbons (Fsp3) is 1.00. The molecule has 1 saturated heterocycles. The molecule has 0 saturated carbocycles. The molecule has 4 heteroatoms. The summed E-state index contributed by atoms with van der Waals surface area (Å²) in [5.74, 6) is 0. The van der Waals surface area contributed by atoms with Crippen molar-refractivity contribution < 1.29 is 15.0 Å². The summed E-state index contributed by atoms with van der Waals surface area (Å²) in [6.45, 7) is 6.21. The SMILES string of the molecule is CC1CN(OO)C(C)(C)O1. The van der Waals surface area contributed by atoms with Crippen molar-refractivity contribution in [2.75, 3.05) is 6.54 Å². The maximum absolute atomic E-state index is 8.37. The van der Waals surface area contributed by atoms with Gasteiger partial charge in [0.25, 0.3) is 0 Å². The molecule has 1 rings (SSSR count). The van der Waals surface area contributed by atoms with Crippen LogP contribution in [0.4, 0.5) is 0 Å². The summed E-state index contributed by atoms with van der Waals surface area (Å²) in [4.78, 5) is 4.11. The highest BCUT2D eigenvalue weighted by Gasteiger charge is 2.38. The Morgan fingerprint density at radius 1 is 1.70 bits per heavy atom. The molecule has 1 aliphatic rings. The lowest BCUT2D eigenvalue weighted by Gasteiger charge is -2.24. The molecule has 1 N–H and O–H groups in total. The van der Waals surface area contributed by atoms with Gasteiger partial charge in [0.1, 0.15) is 5.72 Å². The van der Waals surface area contributed by atoms with Gasteiger partial charge in [0, 0.05) is 0 Å². The van der Waals surface area contributed by atoms with E-state index in [1.807, 2.05) is 20.8 Å². The molecule has 0 bridgehead atoms. The maximum Gasteiger partial charge on any atom is 0.141 e. The number of ether oxygens (including phenoxy) is 1. The second-order valence-electron chi connectivity index (χ2n) is 3.02. The van der Waals surface area contributed by atoms with Crippen LogP contribution in [0.2, 0.25) is 0 Å². The Hall–Kier alpha value is -0.160. The van der Waals surface area contributed by atoms with E-state index in [0.717, 1.165) is 0 Å². The van der Waals surface area contributed by atoms with Gasteiger partial charge in [-0.05, 0) is 20.8 Å². The summed E-state index contributed by atoms with van der Waals surface area (Å²) in [5.41, 5.74) is -0.506. The average molecular weight is 147 g/mol. The van der Waals surface area contributed by atoms with Crippen LogP contribution in [0.5, 0.6) is 0 Å². The lowest BCUT2D eigenvalue weighted by Crippen LogP contribution is -2.38. The van der Waals surface area contributed by atoms with Crippen LogP contribution in [0.25, 0.3) is 0 Å². The Morgan fingerprint density at radius 2 is 2.30 bits per heavy atom. The minimum absolute atomic E-state index is 0.113. The highest BCUT2D eigenvalue weighted by molar-refractivity contribution is 4.75. The van der Waals surface area contributed by atoms with Gasteiger partial charge in [-0.1, -0.05) is 0 Å². The van der Waals surface area contributed by atoms with Gasteiger partial charge in [0.05, 0.1) is 12.6 Å². The largest absolute Gasteiger partial charge is 0.354 e. The third kappa shape index (κ3) is 1.29. The van der Waals surface area contributed by atoms with E-state index in [0.29, 0.717) is 6.54 Å². The van der Waals surface area contributed by atoms with Crippen molar-refractivity contribution in [2.24, 2.45) is 0 Å².